The zero-order valence-corrected chi connectivity index (χ0v) is 10.6. The van der Waals surface area contributed by atoms with Crippen LogP contribution >= 0.6 is 0 Å². The highest BCUT2D eigenvalue weighted by molar-refractivity contribution is 5.89. The standard InChI is InChI=1S/C11H20N2O5/c1-3-5-18-11(17)8(4-2)13-10(16)7(12)6-9(14)15/h7-8H,3-6,12H2,1-2H3,(H,13,16)(H,14,15)/t7-,8-/m0/s1. The maximum absolute atomic E-state index is 11.5. The van der Waals surface area contributed by atoms with Crippen molar-refractivity contribution in [2.75, 3.05) is 6.61 Å². The number of carboxylic acids is 1. The van der Waals surface area contributed by atoms with Crippen LogP contribution in [0, 0.1) is 0 Å². The fourth-order valence-corrected chi connectivity index (χ4v) is 1.19. The summed E-state index contributed by atoms with van der Waals surface area (Å²) in [6.45, 7) is 3.85. The second-order valence-electron chi connectivity index (χ2n) is 3.84. The van der Waals surface area contributed by atoms with Crippen LogP contribution in [-0.2, 0) is 19.1 Å². The van der Waals surface area contributed by atoms with E-state index in [2.05, 4.69) is 5.32 Å². The summed E-state index contributed by atoms with van der Waals surface area (Å²) >= 11 is 0. The van der Waals surface area contributed by atoms with Gasteiger partial charge in [-0.3, -0.25) is 9.59 Å². The van der Waals surface area contributed by atoms with Gasteiger partial charge in [0.15, 0.2) is 0 Å². The quantitative estimate of drug-likeness (QED) is 0.513. The van der Waals surface area contributed by atoms with Gasteiger partial charge in [0, 0.05) is 0 Å². The topological polar surface area (TPSA) is 119 Å². The highest BCUT2D eigenvalue weighted by Crippen LogP contribution is 1.98. The van der Waals surface area contributed by atoms with E-state index >= 15 is 0 Å². The molecule has 0 aliphatic heterocycles. The molecule has 0 aromatic carbocycles. The molecule has 7 nitrogen and oxygen atoms in total. The minimum Gasteiger partial charge on any atom is -0.481 e. The van der Waals surface area contributed by atoms with Gasteiger partial charge in [-0.15, -0.1) is 0 Å². The smallest absolute Gasteiger partial charge is 0.328 e. The molecule has 2 atom stereocenters. The number of nitrogens with two attached hydrogens (primary N) is 1. The number of hydrogen-bond acceptors (Lipinski definition) is 5. The molecule has 0 heterocycles. The largest absolute Gasteiger partial charge is 0.481 e. The number of hydrogen-bond donors (Lipinski definition) is 3. The van der Waals surface area contributed by atoms with E-state index in [1.807, 2.05) is 6.92 Å². The first kappa shape index (κ1) is 16.4. The van der Waals surface area contributed by atoms with Gasteiger partial charge in [-0.1, -0.05) is 13.8 Å². The Morgan fingerprint density at radius 3 is 2.39 bits per heavy atom. The van der Waals surface area contributed by atoms with Crippen LogP contribution in [0.15, 0.2) is 0 Å². The van der Waals surface area contributed by atoms with Crippen molar-refractivity contribution in [3.63, 3.8) is 0 Å². The third-order valence-electron chi connectivity index (χ3n) is 2.19. The van der Waals surface area contributed by atoms with Crippen LogP contribution in [0.1, 0.15) is 33.1 Å². The van der Waals surface area contributed by atoms with Gasteiger partial charge in [0.2, 0.25) is 5.91 Å². The van der Waals surface area contributed by atoms with Crippen LogP contribution in [-0.4, -0.2) is 41.6 Å². The van der Waals surface area contributed by atoms with Gasteiger partial charge < -0.3 is 20.9 Å². The van der Waals surface area contributed by atoms with Gasteiger partial charge in [0.25, 0.3) is 0 Å². The van der Waals surface area contributed by atoms with E-state index in [-0.39, 0.29) is 6.61 Å². The Bertz CT molecular complexity index is 306. The summed E-state index contributed by atoms with van der Waals surface area (Å²) in [5.74, 6) is -2.37. The summed E-state index contributed by atoms with van der Waals surface area (Å²) in [4.78, 5) is 33.4. The number of rotatable bonds is 8. The molecular weight excluding hydrogens is 240 g/mol. The van der Waals surface area contributed by atoms with Crippen LogP contribution in [0.2, 0.25) is 0 Å². The number of ether oxygens (including phenoxy) is 1. The molecule has 0 aromatic rings. The number of aliphatic carboxylic acids is 1. The van der Waals surface area contributed by atoms with Crippen molar-refractivity contribution in [1.29, 1.82) is 0 Å². The fraction of sp³-hybridized carbons (Fsp3) is 0.727. The van der Waals surface area contributed by atoms with Gasteiger partial charge in [-0.2, -0.15) is 0 Å². The Hall–Kier alpha value is -1.63. The monoisotopic (exact) mass is 260 g/mol. The molecule has 0 rings (SSSR count). The summed E-state index contributed by atoms with van der Waals surface area (Å²) in [6, 6.07) is -1.96. The van der Waals surface area contributed by atoms with E-state index in [1.165, 1.54) is 0 Å². The van der Waals surface area contributed by atoms with E-state index < -0.39 is 36.4 Å². The number of carbonyl (C=O) groups is 3. The molecule has 104 valence electrons. The lowest BCUT2D eigenvalue weighted by molar-refractivity contribution is -0.148. The minimum atomic E-state index is -1.17. The highest BCUT2D eigenvalue weighted by atomic mass is 16.5. The predicted molar refractivity (Wildman–Crippen MR) is 63.7 cm³/mol. The SMILES string of the molecule is CCCOC(=O)[C@H](CC)NC(=O)[C@@H](N)CC(=O)O. The van der Waals surface area contributed by atoms with Crippen LogP contribution in [0.4, 0.5) is 0 Å². The minimum absolute atomic E-state index is 0.284. The zero-order valence-electron chi connectivity index (χ0n) is 10.6. The second-order valence-corrected chi connectivity index (χ2v) is 3.84. The van der Waals surface area contributed by atoms with Crippen molar-refractivity contribution < 1.29 is 24.2 Å². The van der Waals surface area contributed by atoms with Gasteiger partial charge in [-0.25, -0.2) is 4.79 Å². The highest BCUT2D eigenvalue weighted by Gasteiger charge is 2.24. The van der Waals surface area contributed by atoms with Gasteiger partial charge in [-0.05, 0) is 12.8 Å². The number of carboxylic acid groups (broad SMARTS) is 1. The van der Waals surface area contributed by atoms with E-state index in [4.69, 9.17) is 15.6 Å². The third-order valence-corrected chi connectivity index (χ3v) is 2.19. The average molecular weight is 260 g/mol. The van der Waals surface area contributed by atoms with Crippen LogP contribution < -0.4 is 11.1 Å². The molecule has 0 saturated heterocycles. The molecule has 0 aromatic heterocycles. The first-order valence-corrected chi connectivity index (χ1v) is 5.86. The van der Waals surface area contributed by atoms with E-state index in [0.29, 0.717) is 12.8 Å². The molecule has 18 heavy (non-hydrogen) atoms. The molecule has 0 aliphatic rings. The third kappa shape index (κ3) is 6.19. The molecule has 0 radical (unpaired) electrons. The first-order chi connectivity index (χ1) is 8.42. The summed E-state index contributed by atoms with van der Waals surface area (Å²) in [7, 11) is 0. The number of esters is 1. The molecule has 0 aliphatic carbocycles. The van der Waals surface area contributed by atoms with Gasteiger partial charge in [0.1, 0.15) is 6.04 Å². The van der Waals surface area contributed by atoms with Crippen molar-refractivity contribution >= 4 is 17.8 Å². The molecule has 0 unspecified atom stereocenters. The lowest BCUT2D eigenvalue weighted by Gasteiger charge is -2.17. The van der Waals surface area contributed by atoms with Crippen molar-refractivity contribution in [2.24, 2.45) is 5.73 Å². The van der Waals surface area contributed by atoms with Crippen molar-refractivity contribution in [1.82, 2.24) is 5.32 Å². The van der Waals surface area contributed by atoms with E-state index in [1.54, 1.807) is 6.92 Å². The van der Waals surface area contributed by atoms with Crippen molar-refractivity contribution in [3.8, 4) is 0 Å². The Morgan fingerprint density at radius 2 is 1.94 bits per heavy atom. The summed E-state index contributed by atoms with van der Waals surface area (Å²) in [6.07, 6.45) is 0.564. The Morgan fingerprint density at radius 1 is 1.33 bits per heavy atom. The molecule has 1 amide bonds. The Labute approximate surface area is 106 Å². The number of amides is 1. The summed E-state index contributed by atoms with van der Waals surface area (Å²) in [5, 5.41) is 10.9. The maximum Gasteiger partial charge on any atom is 0.328 e. The van der Waals surface area contributed by atoms with Gasteiger partial charge >= 0.3 is 11.9 Å². The van der Waals surface area contributed by atoms with E-state index in [0.717, 1.165) is 0 Å². The predicted octanol–water partition coefficient (Wildman–Crippen LogP) is -0.364. The van der Waals surface area contributed by atoms with Crippen LogP contribution in [0.5, 0.6) is 0 Å². The maximum atomic E-state index is 11.5. The van der Waals surface area contributed by atoms with Crippen molar-refractivity contribution in [3.05, 3.63) is 0 Å². The molecule has 0 fully saturated rings. The van der Waals surface area contributed by atoms with Gasteiger partial charge in [0.05, 0.1) is 19.1 Å². The second kappa shape index (κ2) is 8.46. The zero-order chi connectivity index (χ0) is 14.1. The normalized spacial score (nSPS) is 13.5. The molecule has 4 N–H and O–H groups in total. The Kier molecular flexibility index (Phi) is 7.69. The molecular formula is C11H20N2O5. The van der Waals surface area contributed by atoms with E-state index in [9.17, 15) is 14.4 Å². The fourth-order valence-electron chi connectivity index (χ4n) is 1.19. The summed E-state index contributed by atoms with van der Waals surface area (Å²) in [5.41, 5.74) is 5.38. The molecule has 7 heteroatoms. The average Bonchev–Trinajstić information content (AvgIpc) is 2.31. The van der Waals surface area contributed by atoms with Crippen LogP contribution in [0.3, 0.4) is 0 Å². The van der Waals surface area contributed by atoms with Crippen molar-refractivity contribution in [2.45, 2.75) is 45.2 Å². The molecule has 0 spiro atoms. The summed E-state index contributed by atoms with van der Waals surface area (Å²) < 4.78 is 4.90. The number of nitrogens with one attached hydrogen (secondary N) is 1. The van der Waals surface area contributed by atoms with Crippen LogP contribution in [0.25, 0.3) is 0 Å². The molecule has 0 bridgehead atoms. The Balaban J connectivity index is 4.30. The number of carbonyl (C=O) groups excluding carboxylic acids is 2. The lowest BCUT2D eigenvalue weighted by Crippen LogP contribution is -2.49. The lowest BCUT2D eigenvalue weighted by atomic mass is 10.1. The molecule has 0 saturated carbocycles. The first-order valence-electron chi connectivity index (χ1n) is 5.86.